The number of anilines is 1. The van der Waals surface area contributed by atoms with E-state index in [1.807, 2.05) is 6.92 Å². The number of carboxylic acids is 1. The number of aromatic nitrogens is 1. The van der Waals surface area contributed by atoms with Crippen LogP contribution in [0.3, 0.4) is 0 Å². The summed E-state index contributed by atoms with van der Waals surface area (Å²) < 4.78 is 0. The predicted octanol–water partition coefficient (Wildman–Crippen LogP) is 1.72. The first-order chi connectivity index (χ1) is 8.41. The molecular formula is C12H17N3O3. The zero-order valence-electron chi connectivity index (χ0n) is 10.7. The second-order valence-electron chi connectivity index (χ2n) is 4.24. The first-order valence-electron chi connectivity index (χ1n) is 5.62. The topological polar surface area (TPSA) is 82.5 Å². The SMILES string of the molecule is Cc1ccncc1NC(=O)N(CC(=O)O)C(C)C. The molecule has 0 saturated carbocycles. The van der Waals surface area contributed by atoms with Crippen LogP contribution >= 0.6 is 0 Å². The Morgan fingerprint density at radius 2 is 2.17 bits per heavy atom. The van der Waals surface area contributed by atoms with E-state index in [1.54, 1.807) is 26.1 Å². The number of nitrogens with one attached hydrogen (secondary N) is 1. The number of carbonyl (C=O) groups excluding carboxylic acids is 1. The average Bonchev–Trinajstić information content (AvgIpc) is 2.28. The molecule has 6 heteroatoms. The summed E-state index contributed by atoms with van der Waals surface area (Å²) in [5.74, 6) is -1.04. The van der Waals surface area contributed by atoms with Gasteiger partial charge in [-0.05, 0) is 32.4 Å². The Balaban J connectivity index is 2.79. The molecule has 0 aliphatic carbocycles. The molecular weight excluding hydrogens is 234 g/mol. The van der Waals surface area contributed by atoms with Crippen LogP contribution in [0.5, 0.6) is 0 Å². The normalized spacial score (nSPS) is 10.2. The summed E-state index contributed by atoms with van der Waals surface area (Å²) in [6.07, 6.45) is 3.16. The largest absolute Gasteiger partial charge is 0.480 e. The van der Waals surface area contributed by atoms with E-state index in [-0.39, 0.29) is 12.6 Å². The molecule has 1 aromatic heterocycles. The summed E-state index contributed by atoms with van der Waals surface area (Å²) in [5, 5.41) is 11.4. The van der Waals surface area contributed by atoms with Crippen LogP contribution in [0.25, 0.3) is 0 Å². The first-order valence-corrected chi connectivity index (χ1v) is 5.62. The van der Waals surface area contributed by atoms with Gasteiger partial charge in [-0.25, -0.2) is 4.79 Å². The summed E-state index contributed by atoms with van der Waals surface area (Å²) in [7, 11) is 0. The zero-order chi connectivity index (χ0) is 13.7. The highest BCUT2D eigenvalue weighted by Crippen LogP contribution is 2.13. The lowest BCUT2D eigenvalue weighted by molar-refractivity contribution is -0.137. The molecule has 0 aromatic carbocycles. The molecule has 0 bridgehead atoms. The number of urea groups is 1. The predicted molar refractivity (Wildman–Crippen MR) is 67.5 cm³/mol. The van der Waals surface area contributed by atoms with Crippen LogP contribution in [0.15, 0.2) is 18.5 Å². The van der Waals surface area contributed by atoms with Crippen molar-refractivity contribution in [2.75, 3.05) is 11.9 Å². The van der Waals surface area contributed by atoms with Crippen molar-refractivity contribution in [2.45, 2.75) is 26.8 Å². The fourth-order valence-corrected chi connectivity index (χ4v) is 1.42. The molecule has 18 heavy (non-hydrogen) atoms. The van der Waals surface area contributed by atoms with Gasteiger partial charge in [-0.3, -0.25) is 9.78 Å². The van der Waals surface area contributed by atoms with Crippen molar-refractivity contribution < 1.29 is 14.7 Å². The van der Waals surface area contributed by atoms with Gasteiger partial charge in [0.15, 0.2) is 0 Å². The van der Waals surface area contributed by atoms with Gasteiger partial charge < -0.3 is 15.3 Å². The number of hydrogen-bond donors (Lipinski definition) is 2. The lowest BCUT2D eigenvalue weighted by atomic mass is 10.2. The maximum atomic E-state index is 12.0. The Labute approximate surface area is 106 Å². The molecule has 1 rings (SSSR count). The summed E-state index contributed by atoms with van der Waals surface area (Å²) in [4.78, 5) is 27.8. The molecule has 0 fully saturated rings. The van der Waals surface area contributed by atoms with Gasteiger partial charge in [0.1, 0.15) is 6.54 Å². The number of nitrogens with zero attached hydrogens (tertiary/aromatic N) is 2. The fourth-order valence-electron chi connectivity index (χ4n) is 1.42. The fraction of sp³-hybridized carbons (Fsp3) is 0.417. The lowest BCUT2D eigenvalue weighted by Gasteiger charge is -2.25. The van der Waals surface area contributed by atoms with Crippen molar-refractivity contribution >= 4 is 17.7 Å². The Morgan fingerprint density at radius 3 is 2.67 bits per heavy atom. The maximum Gasteiger partial charge on any atom is 0.323 e. The number of rotatable bonds is 4. The van der Waals surface area contributed by atoms with E-state index in [2.05, 4.69) is 10.3 Å². The minimum atomic E-state index is -1.04. The number of carbonyl (C=O) groups is 2. The third-order valence-electron chi connectivity index (χ3n) is 2.47. The number of aryl methyl sites for hydroxylation is 1. The summed E-state index contributed by atoms with van der Waals surface area (Å²) in [6.45, 7) is 5.04. The molecule has 0 atom stereocenters. The van der Waals surface area contributed by atoms with Crippen molar-refractivity contribution in [1.29, 1.82) is 0 Å². The highest BCUT2D eigenvalue weighted by atomic mass is 16.4. The second kappa shape index (κ2) is 6.00. The number of carboxylic acid groups (broad SMARTS) is 1. The van der Waals surface area contributed by atoms with Crippen LogP contribution in [-0.2, 0) is 4.79 Å². The van der Waals surface area contributed by atoms with E-state index < -0.39 is 12.0 Å². The van der Waals surface area contributed by atoms with E-state index in [0.29, 0.717) is 5.69 Å². The van der Waals surface area contributed by atoms with Crippen LogP contribution in [0.2, 0.25) is 0 Å². The van der Waals surface area contributed by atoms with Gasteiger partial charge in [0.25, 0.3) is 0 Å². The summed E-state index contributed by atoms with van der Waals surface area (Å²) in [5.41, 5.74) is 1.45. The van der Waals surface area contributed by atoms with Crippen molar-refractivity contribution in [1.82, 2.24) is 9.88 Å². The monoisotopic (exact) mass is 251 g/mol. The molecule has 0 unspecified atom stereocenters. The zero-order valence-corrected chi connectivity index (χ0v) is 10.7. The van der Waals surface area contributed by atoms with Crippen molar-refractivity contribution in [3.8, 4) is 0 Å². The number of pyridine rings is 1. The number of aliphatic carboxylic acids is 1. The Hall–Kier alpha value is -2.11. The van der Waals surface area contributed by atoms with Crippen LogP contribution in [0.4, 0.5) is 10.5 Å². The van der Waals surface area contributed by atoms with Gasteiger partial charge in [-0.2, -0.15) is 0 Å². The van der Waals surface area contributed by atoms with Gasteiger partial charge in [0, 0.05) is 12.2 Å². The van der Waals surface area contributed by atoms with Gasteiger partial charge in [0.2, 0.25) is 0 Å². The quantitative estimate of drug-likeness (QED) is 0.853. The van der Waals surface area contributed by atoms with Crippen LogP contribution < -0.4 is 5.32 Å². The number of hydrogen-bond acceptors (Lipinski definition) is 3. The summed E-state index contributed by atoms with van der Waals surface area (Å²) in [6, 6.07) is 1.13. The van der Waals surface area contributed by atoms with Crippen LogP contribution in [0.1, 0.15) is 19.4 Å². The Bertz CT molecular complexity index is 446. The van der Waals surface area contributed by atoms with E-state index in [9.17, 15) is 9.59 Å². The lowest BCUT2D eigenvalue weighted by Crippen LogP contribution is -2.43. The van der Waals surface area contributed by atoms with Crippen LogP contribution in [0, 0.1) is 6.92 Å². The highest BCUT2D eigenvalue weighted by molar-refractivity contribution is 5.92. The van der Waals surface area contributed by atoms with Crippen LogP contribution in [-0.4, -0.2) is 39.6 Å². The van der Waals surface area contributed by atoms with Crippen molar-refractivity contribution in [3.05, 3.63) is 24.0 Å². The van der Waals surface area contributed by atoms with Crippen molar-refractivity contribution in [2.24, 2.45) is 0 Å². The third-order valence-corrected chi connectivity index (χ3v) is 2.47. The summed E-state index contributed by atoms with van der Waals surface area (Å²) >= 11 is 0. The second-order valence-corrected chi connectivity index (χ2v) is 4.24. The van der Waals surface area contributed by atoms with E-state index in [4.69, 9.17) is 5.11 Å². The van der Waals surface area contributed by atoms with Crippen molar-refractivity contribution in [3.63, 3.8) is 0 Å². The Morgan fingerprint density at radius 1 is 1.50 bits per heavy atom. The van der Waals surface area contributed by atoms with Gasteiger partial charge >= 0.3 is 12.0 Å². The van der Waals surface area contributed by atoms with Gasteiger partial charge in [-0.15, -0.1) is 0 Å². The van der Waals surface area contributed by atoms with E-state index in [1.165, 1.54) is 11.1 Å². The van der Waals surface area contributed by atoms with Gasteiger partial charge in [0.05, 0.1) is 11.9 Å². The molecule has 98 valence electrons. The van der Waals surface area contributed by atoms with E-state index in [0.717, 1.165) is 5.56 Å². The molecule has 0 radical (unpaired) electrons. The molecule has 2 N–H and O–H groups in total. The molecule has 0 aliphatic heterocycles. The van der Waals surface area contributed by atoms with Gasteiger partial charge in [-0.1, -0.05) is 0 Å². The molecule has 0 aliphatic rings. The molecule has 0 spiro atoms. The maximum absolute atomic E-state index is 12.0. The number of amides is 2. The molecule has 2 amide bonds. The molecule has 6 nitrogen and oxygen atoms in total. The standard InChI is InChI=1S/C12H17N3O3/c1-8(2)15(7-11(16)17)12(18)14-10-6-13-5-4-9(10)3/h4-6,8H,7H2,1-3H3,(H,14,18)(H,16,17). The molecule has 0 saturated heterocycles. The third kappa shape index (κ3) is 3.73. The first kappa shape index (κ1) is 14.0. The minimum Gasteiger partial charge on any atom is -0.480 e. The van der Waals surface area contributed by atoms with E-state index >= 15 is 0 Å². The molecule has 1 heterocycles. The average molecular weight is 251 g/mol. The minimum absolute atomic E-state index is 0.196. The Kier molecular flexibility index (Phi) is 4.65. The highest BCUT2D eigenvalue weighted by Gasteiger charge is 2.20. The smallest absolute Gasteiger partial charge is 0.323 e. The molecule has 1 aromatic rings.